The zero-order valence-corrected chi connectivity index (χ0v) is 12.3. The van der Waals surface area contributed by atoms with E-state index in [-0.39, 0.29) is 17.8 Å². The predicted molar refractivity (Wildman–Crippen MR) is 76.4 cm³/mol. The Morgan fingerprint density at radius 1 is 1.52 bits per heavy atom. The number of hydrogen-bond donors (Lipinski definition) is 2. The summed E-state index contributed by atoms with van der Waals surface area (Å²) in [6.45, 7) is 1.23. The first kappa shape index (κ1) is 16.9. The summed E-state index contributed by atoms with van der Waals surface area (Å²) in [4.78, 5) is 11.3. The number of anilines is 1. The number of rotatable bonds is 4. The van der Waals surface area contributed by atoms with Crippen molar-refractivity contribution < 1.29 is 22.3 Å². The molecule has 0 radical (unpaired) electrons. The van der Waals surface area contributed by atoms with Crippen LogP contribution < -0.4 is 10.5 Å². The fourth-order valence-electron chi connectivity index (χ4n) is 1.39. The largest absolute Gasteiger partial charge is 0.468 e. The van der Waals surface area contributed by atoms with Crippen molar-refractivity contribution in [3.63, 3.8) is 0 Å². The molecule has 0 aliphatic rings. The lowest BCUT2D eigenvalue weighted by atomic mass is 10.2. The van der Waals surface area contributed by atoms with E-state index in [1.54, 1.807) is 0 Å². The quantitative estimate of drug-likeness (QED) is 0.620. The van der Waals surface area contributed by atoms with Gasteiger partial charge in [-0.1, -0.05) is 11.8 Å². The fourth-order valence-corrected chi connectivity index (χ4v) is 2.40. The highest BCUT2D eigenvalue weighted by atomic mass is 32.2. The van der Waals surface area contributed by atoms with Gasteiger partial charge in [-0.05, 0) is 25.1 Å². The molecule has 1 unspecified atom stereocenters. The molecule has 0 aliphatic heterocycles. The van der Waals surface area contributed by atoms with Gasteiger partial charge in [0.15, 0.2) is 5.25 Å². The van der Waals surface area contributed by atoms with Gasteiger partial charge in [-0.2, -0.15) is 0 Å². The molecule has 0 saturated heterocycles. The van der Waals surface area contributed by atoms with Crippen LogP contribution >= 0.6 is 0 Å². The molecule has 1 rings (SSSR count). The highest BCUT2D eigenvalue weighted by molar-refractivity contribution is 7.94. The molecule has 114 valence electrons. The smallest absolute Gasteiger partial charge is 0.325 e. The Bertz CT molecular complexity index is 692. The minimum Gasteiger partial charge on any atom is -0.468 e. The van der Waals surface area contributed by atoms with Crippen LogP contribution in [-0.4, -0.2) is 33.3 Å². The number of carbonyl (C=O) groups excluding carboxylic acids is 1. The van der Waals surface area contributed by atoms with Crippen LogP contribution in [0.2, 0.25) is 0 Å². The molecular formula is C13H15FN2O4S. The number of sulfonamides is 1. The average molecular weight is 314 g/mol. The Labute approximate surface area is 122 Å². The first-order chi connectivity index (χ1) is 9.81. The number of methoxy groups -OCH3 is 1. The molecule has 0 heterocycles. The maximum Gasteiger partial charge on any atom is 0.325 e. The number of benzene rings is 1. The van der Waals surface area contributed by atoms with E-state index in [9.17, 15) is 17.6 Å². The lowest BCUT2D eigenvalue weighted by Gasteiger charge is -2.14. The van der Waals surface area contributed by atoms with Crippen LogP contribution in [0, 0.1) is 17.7 Å². The molecule has 0 bridgehead atoms. The van der Waals surface area contributed by atoms with E-state index in [4.69, 9.17) is 5.73 Å². The maximum absolute atomic E-state index is 13.2. The number of carbonyl (C=O) groups is 1. The summed E-state index contributed by atoms with van der Waals surface area (Å²) in [7, 11) is -2.94. The first-order valence-electron chi connectivity index (χ1n) is 5.89. The van der Waals surface area contributed by atoms with E-state index in [1.165, 1.54) is 13.0 Å². The van der Waals surface area contributed by atoms with Crippen LogP contribution in [0.1, 0.15) is 12.5 Å². The van der Waals surface area contributed by atoms with Gasteiger partial charge >= 0.3 is 5.97 Å². The van der Waals surface area contributed by atoms with Crippen LogP contribution in [0.25, 0.3) is 0 Å². The number of halogens is 1. The second-order valence-electron chi connectivity index (χ2n) is 4.01. The minimum absolute atomic E-state index is 0.0429. The second kappa shape index (κ2) is 7.06. The molecule has 8 heteroatoms. The average Bonchev–Trinajstić information content (AvgIpc) is 2.45. The Balaban J connectivity index is 3.15. The van der Waals surface area contributed by atoms with E-state index in [0.29, 0.717) is 0 Å². The Hall–Kier alpha value is -2.11. The number of hydrogen-bond acceptors (Lipinski definition) is 5. The molecule has 6 nitrogen and oxygen atoms in total. The Morgan fingerprint density at radius 3 is 2.76 bits per heavy atom. The SMILES string of the molecule is COC(=O)C(C)S(=O)(=O)Nc1ccc(F)cc1C#CCN. The van der Waals surface area contributed by atoms with Crippen LogP contribution in [0.15, 0.2) is 18.2 Å². The summed E-state index contributed by atoms with van der Waals surface area (Å²) in [5, 5.41) is -1.41. The van der Waals surface area contributed by atoms with Gasteiger partial charge in [0.1, 0.15) is 5.82 Å². The second-order valence-corrected chi connectivity index (χ2v) is 6.01. The summed E-state index contributed by atoms with van der Waals surface area (Å²) in [5.41, 5.74) is 5.42. The molecule has 0 saturated carbocycles. The van der Waals surface area contributed by atoms with Gasteiger partial charge in [0, 0.05) is 0 Å². The van der Waals surface area contributed by atoms with Crippen LogP contribution in [-0.2, 0) is 19.6 Å². The normalized spacial score (nSPS) is 12.0. The van der Waals surface area contributed by atoms with Gasteiger partial charge in [0.05, 0.1) is 24.9 Å². The molecule has 1 atom stereocenters. The van der Waals surface area contributed by atoms with Gasteiger partial charge in [-0.15, -0.1) is 0 Å². The van der Waals surface area contributed by atoms with Crippen LogP contribution in [0.3, 0.4) is 0 Å². The standard InChI is InChI=1S/C13H15FN2O4S/c1-9(13(17)20-2)21(18,19)16-12-6-5-11(14)8-10(12)4-3-7-15/h5-6,8-9,16H,7,15H2,1-2H3. The third-order valence-electron chi connectivity index (χ3n) is 2.56. The Kier molecular flexibility index (Phi) is 5.69. The zero-order chi connectivity index (χ0) is 16.0. The number of esters is 1. The minimum atomic E-state index is -4.03. The Morgan fingerprint density at radius 2 is 2.19 bits per heavy atom. The van der Waals surface area contributed by atoms with E-state index in [1.807, 2.05) is 0 Å². The molecule has 21 heavy (non-hydrogen) atoms. The number of nitrogens with two attached hydrogens (primary N) is 1. The molecule has 0 spiro atoms. The highest BCUT2D eigenvalue weighted by Gasteiger charge is 2.29. The maximum atomic E-state index is 13.2. The number of nitrogens with one attached hydrogen (secondary N) is 1. The summed E-state index contributed by atoms with van der Waals surface area (Å²) >= 11 is 0. The van der Waals surface area contributed by atoms with Crippen molar-refractivity contribution >= 4 is 21.7 Å². The van der Waals surface area contributed by atoms with Crippen LogP contribution in [0.5, 0.6) is 0 Å². The van der Waals surface area contributed by atoms with Crippen molar-refractivity contribution in [2.24, 2.45) is 5.73 Å². The van der Waals surface area contributed by atoms with Crippen LogP contribution in [0.4, 0.5) is 10.1 Å². The molecular weight excluding hydrogens is 299 g/mol. The molecule has 0 amide bonds. The summed E-state index contributed by atoms with van der Waals surface area (Å²) < 4.78 is 43.9. The van der Waals surface area contributed by atoms with Crippen molar-refractivity contribution in [1.82, 2.24) is 0 Å². The molecule has 0 aliphatic carbocycles. The predicted octanol–water partition coefficient (Wildman–Crippen LogP) is 0.439. The van der Waals surface area contributed by atoms with E-state index in [0.717, 1.165) is 19.2 Å². The summed E-state index contributed by atoms with van der Waals surface area (Å²) in [5.74, 6) is 3.59. The summed E-state index contributed by atoms with van der Waals surface area (Å²) in [6, 6.07) is 3.37. The topological polar surface area (TPSA) is 98.5 Å². The van der Waals surface area contributed by atoms with Crippen molar-refractivity contribution in [1.29, 1.82) is 0 Å². The zero-order valence-electron chi connectivity index (χ0n) is 11.5. The van der Waals surface area contributed by atoms with Gasteiger partial charge in [-0.3, -0.25) is 9.52 Å². The van der Waals surface area contributed by atoms with Gasteiger partial charge in [0.2, 0.25) is 10.0 Å². The van der Waals surface area contributed by atoms with E-state index in [2.05, 4.69) is 21.3 Å². The van der Waals surface area contributed by atoms with Crippen molar-refractivity contribution in [2.45, 2.75) is 12.2 Å². The number of ether oxygens (including phenoxy) is 1. The summed E-state index contributed by atoms with van der Waals surface area (Å²) in [6.07, 6.45) is 0. The molecule has 0 fully saturated rings. The lowest BCUT2D eigenvalue weighted by molar-refractivity contribution is -0.139. The molecule has 1 aromatic rings. The molecule has 1 aromatic carbocycles. The third-order valence-corrected chi connectivity index (χ3v) is 4.19. The lowest BCUT2D eigenvalue weighted by Crippen LogP contribution is -2.33. The van der Waals surface area contributed by atoms with E-state index >= 15 is 0 Å². The fraction of sp³-hybridized carbons (Fsp3) is 0.308. The van der Waals surface area contributed by atoms with Crippen molar-refractivity contribution in [3.8, 4) is 11.8 Å². The van der Waals surface area contributed by atoms with Gasteiger partial charge in [-0.25, -0.2) is 12.8 Å². The molecule has 0 aromatic heterocycles. The molecule has 3 N–H and O–H groups in total. The first-order valence-corrected chi connectivity index (χ1v) is 7.44. The van der Waals surface area contributed by atoms with Crippen molar-refractivity contribution in [3.05, 3.63) is 29.6 Å². The van der Waals surface area contributed by atoms with Gasteiger partial charge in [0.25, 0.3) is 0 Å². The van der Waals surface area contributed by atoms with E-state index < -0.39 is 27.1 Å². The highest BCUT2D eigenvalue weighted by Crippen LogP contribution is 2.19. The van der Waals surface area contributed by atoms with Crippen molar-refractivity contribution in [2.75, 3.05) is 18.4 Å². The third kappa shape index (κ3) is 4.44. The monoisotopic (exact) mass is 314 g/mol. The van der Waals surface area contributed by atoms with Gasteiger partial charge < -0.3 is 10.5 Å².